The highest BCUT2D eigenvalue weighted by Crippen LogP contribution is 2.23. The molecule has 1 unspecified atom stereocenters. The summed E-state index contributed by atoms with van der Waals surface area (Å²) in [5.74, 6) is 0. The first-order valence-corrected chi connectivity index (χ1v) is 7.74. The first-order chi connectivity index (χ1) is 10.0. The van der Waals surface area contributed by atoms with E-state index in [4.69, 9.17) is 0 Å². The van der Waals surface area contributed by atoms with Crippen molar-refractivity contribution < 1.29 is 4.92 Å². The zero-order chi connectivity index (χ0) is 15.4. The number of hydrogen-bond acceptors (Lipinski definition) is 5. The molecule has 2 aromatic rings. The van der Waals surface area contributed by atoms with Gasteiger partial charge in [0.2, 0.25) is 0 Å². The lowest BCUT2D eigenvalue weighted by Crippen LogP contribution is -2.18. The summed E-state index contributed by atoms with van der Waals surface area (Å²) in [6.45, 7) is 6.54. The molecule has 1 aromatic carbocycles. The van der Waals surface area contributed by atoms with Gasteiger partial charge in [-0.05, 0) is 25.8 Å². The smallest absolute Gasteiger partial charge is 0.272 e. The molecule has 1 aromatic heterocycles. The number of nitrogens with zero attached hydrogens (tertiary/aromatic N) is 2. The maximum absolute atomic E-state index is 11.0. The summed E-state index contributed by atoms with van der Waals surface area (Å²) in [6, 6.07) is 5.41. The van der Waals surface area contributed by atoms with Gasteiger partial charge < -0.3 is 5.32 Å². The van der Waals surface area contributed by atoms with E-state index in [0.717, 1.165) is 17.0 Å². The van der Waals surface area contributed by atoms with Crippen molar-refractivity contribution in [2.75, 3.05) is 0 Å². The second-order valence-electron chi connectivity index (χ2n) is 4.98. The molecule has 0 aliphatic heterocycles. The fraction of sp³-hybridized carbons (Fsp3) is 0.400. The third-order valence-electron chi connectivity index (χ3n) is 3.44. The van der Waals surface area contributed by atoms with Crippen LogP contribution in [0, 0.1) is 17.0 Å². The number of aromatic nitrogens is 1. The molecule has 0 fully saturated rings. The van der Waals surface area contributed by atoms with E-state index in [9.17, 15) is 10.1 Å². The number of hydrogen-bond donors (Lipinski definition) is 1. The van der Waals surface area contributed by atoms with E-state index in [1.165, 1.54) is 4.88 Å². The van der Waals surface area contributed by atoms with Crippen molar-refractivity contribution >= 4 is 17.0 Å². The van der Waals surface area contributed by atoms with Crippen LogP contribution in [0.1, 0.15) is 40.9 Å². The van der Waals surface area contributed by atoms with Crippen LogP contribution in [0.25, 0.3) is 0 Å². The Morgan fingerprint density at radius 3 is 2.86 bits per heavy atom. The van der Waals surface area contributed by atoms with Gasteiger partial charge in [0.05, 0.1) is 4.92 Å². The Bertz CT molecular complexity index is 640. The largest absolute Gasteiger partial charge is 0.304 e. The molecule has 112 valence electrons. The second-order valence-corrected chi connectivity index (χ2v) is 6.18. The molecule has 0 bridgehead atoms. The highest BCUT2D eigenvalue weighted by Gasteiger charge is 2.14. The molecule has 2 rings (SSSR count). The van der Waals surface area contributed by atoms with Crippen molar-refractivity contribution in [2.24, 2.45) is 0 Å². The summed E-state index contributed by atoms with van der Waals surface area (Å²) in [5, 5.41) is 15.4. The van der Waals surface area contributed by atoms with Gasteiger partial charge in [0.25, 0.3) is 5.69 Å². The Morgan fingerprint density at radius 1 is 1.48 bits per heavy atom. The Hall–Kier alpha value is -1.79. The third kappa shape index (κ3) is 3.86. The molecule has 0 amide bonds. The van der Waals surface area contributed by atoms with Crippen LogP contribution in [0.5, 0.6) is 0 Å². The molecule has 5 nitrogen and oxygen atoms in total. The molecule has 0 saturated carbocycles. The molecule has 1 N–H and O–H groups in total. The van der Waals surface area contributed by atoms with E-state index < -0.39 is 0 Å². The van der Waals surface area contributed by atoms with Gasteiger partial charge >= 0.3 is 0 Å². The summed E-state index contributed by atoms with van der Waals surface area (Å²) in [7, 11) is 0. The molecule has 0 aliphatic rings. The SMILES string of the molecule is CCc1cnc(CNC(C)c2ccc(C)c([N+](=O)[O-])c2)s1. The normalized spacial score (nSPS) is 12.3. The van der Waals surface area contributed by atoms with Gasteiger partial charge in [0.15, 0.2) is 0 Å². The van der Waals surface area contributed by atoms with Gasteiger partial charge in [-0.2, -0.15) is 0 Å². The number of nitrogens with one attached hydrogen (secondary N) is 1. The standard InChI is InChI=1S/C15H19N3O2S/c1-4-13-8-17-15(21-13)9-16-11(3)12-6-5-10(2)14(7-12)18(19)20/h5-8,11,16H,4,9H2,1-3H3. The van der Waals surface area contributed by atoms with Crippen molar-refractivity contribution in [3.63, 3.8) is 0 Å². The summed E-state index contributed by atoms with van der Waals surface area (Å²) >= 11 is 1.70. The lowest BCUT2D eigenvalue weighted by Gasteiger charge is -2.13. The van der Waals surface area contributed by atoms with E-state index in [1.54, 1.807) is 30.4 Å². The van der Waals surface area contributed by atoms with Crippen molar-refractivity contribution in [2.45, 2.75) is 39.8 Å². The molecule has 0 saturated heterocycles. The van der Waals surface area contributed by atoms with Crippen LogP contribution in [0.3, 0.4) is 0 Å². The molecular formula is C15H19N3O2S. The Balaban J connectivity index is 2.04. The number of nitro groups is 1. The van der Waals surface area contributed by atoms with Crippen LogP contribution in [0.4, 0.5) is 5.69 Å². The summed E-state index contributed by atoms with van der Waals surface area (Å²) in [4.78, 5) is 16.3. The topological polar surface area (TPSA) is 68.1 Å². The number of rotatable bonds is 6. The predicted octanol–water partition coefficient (Wildman–Crippen LogP) is 3.77. The van der Waals surface area contributed by atoms with E-state index in [2.05, 4.69) is 17.2 Å². The Morgan fingerprint density at radius 2 is 2.24 bits per heavy atom. The molecule has 1 heterocycles. The monoisotopic (exact) mass is 305 g/mol. The van der Waals surface area contributed by atoms with Crippen LogP contribution in [-0.4, -0.2) is 9.91 Å². The van der Waals surface area contributed by atoms with Crippen LogP contribution in [0.2, 0.25) is 0 Å². The third-order valence-corrected chi connectivity index (χ3v) is 4.58. The maximum atomic E-state index is 11.0. The van der Waals surface area contributed by atoms with Gasteiger partial charge in [-0.25, -0.2) is 4.98 Å². The number of benzene rings is 1. The first-order valence-electron chi connectivity index (χ1n) is 6.93. The summed E-state index contributed by atoms with van der Waals surface area (Å²) < 4.78 is 0. The minimum Gasteiger partial charge on any atom is -0.304 e. The molecule has 21 heavy (non-hydrogen) atoms. The minimum absolute atomic E-state index is 0.0401. The lowest BCUT2D eigenvalue weighted by molar-refractivity contribution is -0.385. The van der Waals surface area contributed by atoms with Gasteiger partial charge in [0.1, 0.15) is 5.01 Å². The molecule has 0 radical (unpaired) electrons. The zero-order valence-electron chi connectivity index (χ0n) is 12.4. The van der Waals surface area contributed by atoms with Crippen LogP contribution < -0.4 is 5.32 Å². The quantitative estimate of drug-likeness (QED) is 0.651. The van der Waals surface area contributed by atoms with E-state index in [0.29, 0.717) is 12.1 Å². The van der Waals surface area contributed by atoms with Gasteiger partial charge in [-0.15, -0.1) is 11.3 Å². The van der Waals surface area contributed by atoms with Gasteiger partial charge in [0, 0.05) is 35.3 Å². The molecule has 0 spiro atoms. The van der Waals surface area contributed by atoms with Crippen molar-refractivity contribution in [1.29, 1.82) is 0 Å². The van der Waals surface area contributed by atoms with Crippen LogP contribution in [0.15, 0.2) is 24.4 Å². The molecule has 0 aliphatic carbocycles. The Kier molecular flexibility index (Phi) is 5.03. The molecule has 6 heteroatoms. The molecule has 1 atom stereocenters. The van der Waals surface area contributed by atoms with Crippen molar-refractivity contribution in [3.05, 3.63) is 55.5 Å². The van der Waals surface area contributed by atoms with Crippen LogP contribution in [-0.2, 0) is 13.0 Å². The molecular weight excluding hydrogens is 286 g/mol. The van der Waals surface area contributed by atoms with Gasteiger partial charge in [-0.1, -0.05) is 19.1 Å². The highest BCUT2D eigenvalue weighted by atomic mass is 32.1. The number of aryl methyl sites for hydroxylation is 2. The fourth-order valence-electron chi connectivity index (χ4n) is 2.04. The van der Waals surface area contributed by atoms with E-state index in [1.807, 2.05) is 19.2 Å². The predicted molar refractivity (Wildman–Crippen MR) is 84.6 cm³/mol. The number of nitro benzene ring substituents is 1. The van der Waals surface area contributed by atoms with Crippen molar-refractivity contribution in [1.82, 2.24) is 10.3 Å². The van der Waals surface area contributed by atoms with Gasteiger partial charge in [-0.3, -0.25) is 10.1 Å². The van der Waals surface area contributed by atoms with E-state index in [-0.39, 0.29) is 16.7 Å². The summed E-state index contributed by atoms with van der Waals surface area (Å²) in [6.07, 6.45) is 2.90. The maximum Gasteiger partial charge on any atom is 0.272 e. The van der Waals surface area contributed by atoms with Crippen molar-refractivity contribution in [3.8, 4) is 0 Å². The average Bonchev–Trinajstić information content (AvgIpc) is 2.93. The number of thiazole rings is 1. The fourth-order valence-corrected chi connectivity index (χ4v) is 2.86. The Labute approximate surface area is 128 Å². The second kappa shape index (κ2) is 6.78. The highest BCUT2D eigenvalue weighted by molar-refractivity contribution is 7.11. The zero-order valence-corrected chi connectivity index (χ0v) is 13.2. The lowest BCUT2D eigenvalue weighted by atomic mass is 10.0. The minimum atomic E-state index is -0.333. The van der Waals surface area contributed by atoms with Crippen LogP contribution >= 0.6 is 11.3 Å². The van der Waals surface area contributed by atoms with E-state index >= 15 is 0 Å². The first kappa shape index (κ1) is 15.6. The summed E-state index contributed by atoms with van der Waals surface area (Å²) in [5.41, 5.74) is 1.77. The average molecular weight is 305 g/mol.